The lowest BCUT2D eigenvalue weighted by molar-refractivity contribution is 0.000109. The molecule has 160 valence electrons. The first-order valence-electron chi connectivity index (χ1n) is 11.2. The summed E-state index contributed by atoms with van der Waals surface area (Å²) in [5.74, 6) is -0.246. The van der Waals surface area contributed by atoms with Gasteiger partial charge in [-0.25, -0.2) is 4.79 Å². The van der Waals surface area contributed by atoms with Gasteiger partial charge in [0.05, 0.1) is 11.6 Å². The number of carbonyl (C=O) groups is 1. The van der Waals surface area contributed by atoms with Crippen molar-refractivity contribution in [2.45, 2.75) is 45.8 Å². The van der Waals surface area contributed by atoms with E-state index >= 15 is 0 Å². The molecule has 0 aliphatic carbocycles. The number of likely N-dealkylation sites (tertiary alicyclic amines) is 1. The van der Waals surface area contributed by atoms with Crippen molar-refractivity contribution in [2.24, 2.45) is 0 Å². The Balaban J connectivity index is 1.76. The Bertz CT molecular complexity index is 1000. The van der Waals surface area contributed by atoms with Crippen molar-refractivity contribution in [3.05, 3.63) is 106 Å². The van der Waals surface area contributed by atoms with E-state index in [1.165, 1.54) is 18.4 Å². The third-order valence-electron chi connectivity index (χ3n) is 6.21. The van der Waals surface area contributed by atoms with Crippen LogP contribution in [0, 0.1) is 20.8 Å². The number of nitrogens with zero attached hydrogens (tertiary/aromatic N) is 1. The Morgan fingerprint density at radius 1 is 0.806 bits per heavy atom. The normalized spacial score (nSPS) is 16.1. The quantitative estimate of drug-likeness (QED) is 0.441. The van der Waals surface area contributed by atoms with E-state index in [9.17, 15) is 4.79 Å². The average molecular weight is 414 g/mol. The molecule has 0 radical (unpaired) electrons. The first-order valence-corrected chi connectivity index (χ1v) is 11.2. The number of ether oxygens (including phenoxy) is 1. The molecule has 0 bridgehead atoms. The maximum Gasteiger partial charge on any atom is 0.339 e. The van der Waals surface area contributed by atoms with E-state index in [2.05, 4.69) is 60.4 Å². The third kappa shape index (κ3) is 4.72. The monoisotopic (exact) mass is 413 g/mol. The molecule has 1 aliphatic heterocycles. The Morgan fingerprint density at radius 2 is 1.32 bits per heavy atom. The first kappa shape index (κ1) is 21.3. The highest BCUT2D eigenvalue weighted by atomic mass is 16.5. The number of hydrogen-bond donors (Lipinski definition) is 0. The van der Waals surface area contributed by atoms with Gasteiger partial charge in [-0.15, -0.1) is 0 Å². The molecule has 0 saturated carbocycles. The number of carbonyl (C=O) groups excluding carboxylic acids is 1. The molecule has 31 heavy (non-hydrogen) atoms. The Labute approximate surface area is 185 Å². The Kier molecular flexibility index (Phi) is 6.53. The summed E-state index contributed by atoms with van der Waals surface area (Å²) in [6.45, 7) is 8.07. The summed E-state index contributed by atoms with van der Waals surface area (Å²) in [4.78, 5) is 16.0. The molecule has 3 aromatic carbocycles. The van der Waals surface area contributed by atoms with Crippen LogP contribution in [-0.4, -0.2) is 24.0 Å². The molecule has 0 spiro atoms. The van der Waals surface area contributed by atoms with E-state index in [0.717, 1.165) is 35.3 Å². The summed E-state index contributed by atoms with van der Waals surface area (Å²) >= 11 is 0. The SMILES string of the molecule is Cc1cc(C)c(C(=O)O[C@H](c2ccccc2)[C@@H](c2ccccc2)N2CCCC2)c(C)c1. The zero-order valence-corrected chi connectivity index (χ0v) is 18.7. The zero-order valence-electron chi connectivity index (χ0n) is 18.7. The Morgan fingerprint density at radius 3 is 1.87 bits per heavy atom. The minimum absolute atomic E-state index is 0.0129. The van der Waals surface area contributed by atoms with Gasteiger partial charge in [-0.2, -0.15) is 0 Å². The predicted molar refractivity (Wildman–Crippen MR) is 125 cm³/mol. The van der Waals surface area contributed by atoms with Gasteiger partial charge in [-0.3, -0.25) is 4.90 Å². The summed E-state index contributed by atoms with van der Waals surface area (Å²) in [6, 6.07) is 24.7. The number of aryl methyl sites for hydroxylation is 3. The smallest absolute Gasteiger partial charge is 0.339 e. The van der Waals surface area contributed by atoms with Crippen molar-refractivity contribution in [1.82, 2.24) is 4.90 Å². The molecule has 1 aliphatic rings. The molecule has 3 heteroatoms. The van der Waals surface area contributed by atoms with Crippen LogP contribution < -0.4 is 0 Å². The highest BCUT2D eigenvalue weighted by Gasteiger charge is 2.35. The lowest BCUT2D eigenvalue weighted by atomic mass is 9.94. The van der Waals surface area contributed by atoms with Gasteiger partial charge in [0.1, 0.15) is 6.10 Å². The molecule has 1 heterocycles. The van der Waals surface area contributed by atoms with Gasteiger partial charge in [0.2, 0.25) is 0 Å². The number of rotatable bonds is 6. The average Bonchev–Trinajstić information content (AvgIpc) is 3.28. The van der Waals surface area contributed by atoms with Crippen LogP contribution in [0.3, 0.4) is 0 Å². The van der Waals surface area contributed by atoms with Crippen molar-refractivity contribution < 1.29 is 9.53 Å². The summed E-state index contributed by atoms with van der Waals surface area (Å²) in [7, 11) is 0. The minimum Gasteiger partial charge on any atom is -0.452 e. The molecule has 0 aromatic heterocycles. The van der Waals surface area contributed by atoms with Crippen molar-refractivity contribution in [2.75, 3.05) is 13.1 Å². The maximum atomic E-state index is 13.5. The van der Waals surface area contributed by atoms with E-state index < -0.39 is 0 Å². The number of hydrogen-bond acceptors (Lipinski definition) is 3. The van der Waals surface area contributed by atoms with E-state index in [1.54, 1.807) is 0 Å². The summed E-state index contributed by atoms with van der Waals surface area (Å²) in [5, 5.41) is 0. The maximum absolute atomic E-state index is 13.5. The van der Waals surface area contributed by atoms with Crippen LogP contribution in [0.4, 0.5) is 0 Å². The molecular formula is C28H31NO2. The van der Waals surface area contributed by atoms with Crippen molar-refractivity contribution in [3.8, 4) is 0 Å². The number of benzene rings is 3. The second-order valence-electron chi connectivity index (χ2n) is 8.61. The first-order chi connectivity index (χ1) is 15.0. The molecule has 3 nitrogen and oxygen atoms in total. The fourth-order valence-electron chi connectivity index (χ4n) is 4.88. The van der Waals surface area contributed by atoms with Gasteiger partial charge in [-0.05, 0) is 69.0 Å². The number of esters is 1. The second-order valence-corrected chi connectivity index (χ2v) is 8.61. The van der Waals surface area contributed by atoms with Gasteiger partial charge in [-0.1, -0.05) is 78.4 Å². The van der Waals surface area contributed by atoms with E-state index in [1.807, 2.05) is 38.1 Å². The van der Waals surface area contributed by atoms with E-state index in [0.29, 0.717) is 5.56 Å². The Hall–Kier alpha value is -2.91. The molecule has 1 fully saturated rings. The fraction of sp³-hybridized carbons (Fsp3) is 0.321. The predicted octanol–water partition coefficient (Wildman–Crippen LogP) is 6.35. The molecule has 0 unspecified atom stereocenters. The van der Waals surface area contributed by atoms with E-state index in [-0.39, 0.29) is 18.1 Å². The highest BCUT2D eigenvalue weighted by molar-refractivity contribution is 5.93. The van der Waals surface area contributed by atoms with Crippen LogP contribution in [0.25, 0.3) is 0 Å². The molecule has 3 aromatic rings. The molecule has 2 atom stereocenters. The zero-order chi connectivity index (χ0) is 21.8. The minimum atomic E-state index is -0.380. The molecule has 0 amide bonds. The summed E-state index contributed by atoms with van der Waals surface area (Å²) in [5.41, 5.74) is 5.98. The lowest BCUT2D eigenvalue weighted by Crippen LogP contribution is -2.33. The standard InChI is InChI=1S/C28H31NO2/c1-20-18-21(2)25(22(3)19-20)28(30)31-27(24-14-8-5-9-15-24)26(29-16-10-11-17-29)23-12-6-4-7-13-23/h4-9,12-15,18-19,26-27H,10-11,16-17H2,1-3H3/t26-,27-/m1/s1. The van der Waals surface area contributed by atoms with Gasteiger partial charge in [0.25, 0.3) is 0 Å². The molecule has 1 saturated heterocycles. The van der Waals surface area contributed by atoms with Crippen LogP contribution in [0.15, 0.2) is 72.8 Å². The van der Waals surface area contributed by atoms with Gasteiger partial charge >= 0.3 is 5.97 Å². The largest absolute Gasteiger partial charge is 0.452 e. The lowest BCUT2D eigenvalue weighted by Gasteiger charge is -2.35. The van der Waals surface area contributed by atoms with Crippen molar-refractivity contribution in [3.63, 3.8) is 0 Å². The van der Waals surface area contributed by atoms with Gasteiger partial charge in [0, 0.05) is 0 Å². The van der Waals surface area contributed by atoms with Crippen LogP contribution in [0.2, 0.25) is 0 Å². The van der Waals surface area contributed by atoms with Crippen molar-refractivity contribution >= 4 is 5.97 Å². The van der Waals surface area contributed by atoms with Gasteiger partial charge in [0.15, 0.2) is 0 Å². The summed E-state index contributed by atoms with van der Waals surface area (Å²) in [6.07, 6.45) is 1.97. The van der Waals surface area contributed by atoms with Crippen LogP contribution in [0.1, 0.15) is 63.2 Å². The fourth-order valence-corrected chi connectivity index (χ4v) is 4.88. The summed E-state index contributed by atoms with van der Waals surface area (Å²) < 4.78 is 6.37. The third-order valence-corrected chi connectivity index (χ3v) is 6.21. The van der Waals surface area contributed by atoms with Crippen LogP contribution in [0.5, 0.6) is 0 Å². The molecule has 4 rings (SSSR count). The van der Waals surface area contributed by atoms with Gasteiger partial charge < -0.3 is 4.74 Å². The second kappa shape index (κ2) is 9.49. The van der Waals surface area contributed by atoms with E-state index in [4.69, 9.17) is 4.74 Å². The van der Waals surface area contributed by atoms with Crippen molar-refractivity contribution in [1.29, 1.82) is 0 Å². The van der Waals surface area contributed by atoms with Crippen LogP contribution in [-0.2, 0) is 4.74 Å². The topological polar surface area (TPSA) is 29.5 Å². The highest BCUT2D eigenvalue weighted by Crippen LogP contribution is 2.39. The van der Waals surface area contributed by atoms with Crippen LogP contribution >= 0.6 is 0 Å². The molecular weight excluding hydrogens is 382 g/mol. The molecule has 0 N–H and O–H groups in total.